The number of hydrogen-bond donors (Lipinski definition) is 2. The van der Waals surface area contributed by atoms with Gasteiger partial charge in [-0.15, -0.1) is 11.3 Å². The molecule has 0 spiro atoms. The fourth-order valence-electron chi connectivity index (χ4n) is 3.28. The Bertz CT molecular complexity index is 1640. The Balaban J connectivity index is 1.82. The third-order valence-corrected chi connectivity index (χ3v) is 9.39. The molecule has 33 heavy (non-hydrogen) atoms. The Morgan fingerprint density at radius 1 is 1.15 bits per heavy atom. The number of nitrogens with zero attached hydrogens (tertiary/aromatic N) is 1. The lowest BCUT2D eigenvalue weighted by atomic mass is 10.1. The maximum absolute atomic E-state index is 13.2. The molecule has 0 aliphatic rings. The summed E-state index contributed by atoms with van der Waals surface area (Å²) in [5, 5.41) is 10.4. The van der Waals surface area contributed by atoms with Gasteiger partial charge in [0.25, 0.3) is 10.0 Å². The SMILES string of the molecule is Cc1c(S(=O)(=O)Nc2ccc(-c3ocnc3C(=O)O)cc2S(C)(=O)=O)sc2ccc(Cl)cc12. The molecule has 13 heteroatoms. The van der Waals surface area contributed by atoms with E-state index in [2.05, 4.69) is 9.71 Å². The highest BCUT2D eigenvalue weighted by Gasteiger charge is 2.26. The van der Waals surface area contributed by atoms with Crippen LogP contribution in [0.2, 0.25) is 5.02 Å². The number of thiophene rings is 1. The van der Waals surface area contributed by atoms with Gasteiger partial charge < -0.3 is 9.52 Å². The number of benzene rings is 2. The van der Waals surface area contributed by atoms with E-state index in [0.29, 0.717) is 20.7 Å². The van der Waals surface area contributed by atoms with Gasteiger partial charge >= 0.3 is 5.97 Å². The number of carboxylic acids is 1. The predicted octanol–water partition coefficient (Wildman–Crippen LogP) is 4.42. The molecule has 2 aromatic heterocycles. The third-order valence-electron chi connectivity index (χ3n) is 4.76. The van der Waals surface area contributed by atoms with Crippen LogP contribution in [0.25, 0.3) is 21.4 Å². The molecule has 4 rings (SSSR count). The number of aromatic carboxylic acids is 1. The standard InChI is InChI=1S/C20H15ClN2O7S3/c1-10-13-8-12(21)4-6-15(13)31-20(10)33(28,29)23-14-5-3-11(7-16(14)32(2,26)27)18-17(19(24)25)22-9-30-18/h3-9,23H,1-2H3,(H,24,25). The lowest BCUT2D eigenvalue weighted by Crippen LogP contribution is -2.15. The second-order valence-electron chi connectivity index (χ2n) is 7.08. The van der Waals surface area contributed by atoms with Gasteiger partial charge in [0.1, 0.15) is 4.21 Å². The van der Waals surface area contributed by atoms with Crippen LogP contribution in [0, 0.1) is 6.92 Å². The van der Waals surface area contributed by atoms with Crippen LogP contribution in [0.15, 0.2) is 56.3 Å². The van der Waals surface area contributed by atoms with Crippen molar-refractivity contribution < 1.29 is 31.2 Å². The summed E-state index contributed by atoms with van der Waals surface area (Å²) in [6.45, 7) is 1.64. The Morgan fingerprint density at radius 3 is 2.55 bits per heavy atom. The topological polar surface area (TPSA) is 144 Å². The number of rotatable bonds is 6. The number of anilines is 1. The average molecular weight is 527 g/mol. The first kappa shape index (κ1) is 23.2. The quantitative estimate of drug-likeness (QED) is 0.375. The second kappa shape index (κ2) is 8.13. The van der Waals surface area contributed by atoms with Crippen LogP contribution in [0.1, 0.15) is 16.1 Å². The molecule has 9 nitrogen and oxygen atoms in total. The van der Waals surface area contributed by atoms with Gasteiger partial charge in [0.15, 0.2) is 27.7 Å². The molecule has 172 valence electrons. The molecule has 2 aromatic carbocycles. The molecular formula is C20H15ClN2O7S3. The van der Waals surface area contributed by atoms with Gasteiger partial charge in [0, 0.05) is 21.5 Å². The summed E-state index contributed by atoms with van der Waals surface area (Å²) in [7, 11) is -8.08. The summed E-state index contributed by atoms with van der Waals surface area (Å²) < 4.78 is 59.5. The van der Waals surface area contributed by atoms with Crippen molar-refractivity contribution in [3.8, 4) is 11.3 Å². The van der Waals surface area contributed by atoms with Crippen molar-refractivity contribution in [3.05, 3.63) is 59.1 Å². The Morgan fingerprint density at radius 2 is 1.88 bits per heavy atom. The summed E-state index contributed by atoms with van der Waals surface area (Å²) >= 11 is 7.06. The summed E-state index contributed by atoms with van der Waals surface area (Å²) in [6, 6.07) is 8.74. The smallest absolute Gasteiger partial charge is 0.358 e. The highest BCUT2D eigenvalue weighted by atomic mass is 35.5. The van der Waals surface area contributed by atoms with E-state index in [-0.39, 0.29) is 26.1 Å². The summed E-state index contributed by atoms with van der Waals surface area (Å²) in [5.41, 5.74) is 0.00566. The second-order valence-corrected chi connectivity index (χ2v) is 12.4. The molecule has 0 saturated heterocycles. The molecule has 0 aliphatic heterocycles. The van der Waals surface area contributed by atoms with Crippen LogP contribution in [-0.4, -0.2) is 39.2 Å². The highest BCUT2D eigenvalue weighted by Crippen LogP contribution is 2.37. The van der Waals surface area contributed by atoms with Crippen LogP contribution >= 0.6 is 22.9 Å². The summed E-state index contributed by atoms with van der Waals surface area (Å²) in [4.78, 5) is 14.6. The number of nitrogens with one attached hydrogen (secondary N) is 1. The van der Waals surface area contributed by atoms with Gasteiger partial charge in [-0.1, -0.05) is 11.6 Å². The Hall–Kier alpha value is -2.93. The van der Waals surface area contributed by atoms with Crippen LogP contribution in [0.5, 0.6) is 0 Å². The van der Waals surface area contributed by atoms with Crippen LogP contribution in [-0.2, 0) is 19.9 Å². The average Bonchev–Trinajstić information content (AvgIpc) is 3.33. The van der Waals surface area contributed by atoms with E-state index in [1.165, 1.54) is 12.1 Å². The van der Waals surface area contributed by atoms with E-state index in [1.807, 2.05) is 0 Å². The lowest BCUT2D eigenvalue weighted by molar-refractivity contribution is 0.0691. The molecule has 0 bridgehead atoms. The molecule has 2 N–H and O–H groups in total. The number of carbonyl (C=O) groups is 1. The molecule has 0 amide bonds. The first-order valence-corrected chi connectivity index (χ1v) is 13.7. The monoisotopic (exact) mass is 526 g/mol. The molecule has 0 saturated carbocycles. The van der Waals surface area contributed by atoms with Crippen molar-refractivity contribution in [1.82, 2.24) is 4.98 Å². The zero-order valence-electron chi connectivity index (χ0n) is 17.0. The number of aryl methyl sites for hydroxylation is 1. The molecule has 0 radical (unpaired) electrons. The van der Waals surface area contributed by atoms with Crippen molar-refractivity contribution in [1.29, 1.82) is 0 Å². The van der Waals surface area contributed by atoms with E-state index in [1.54, 1.807) is 25.1 Å². The zero-order chi connectivity index (χ0) is 24.1. The van der Waals surface area contributed by atoms with E-state index in [9.17, 15) is 26.7 Å². The molecule has 0 atom stereocenters. The number of hydrogen-bond acceptors (Lipinski definition) is 8. The first-order chi connectivity index (χ1) is 15.4. The van der Waals surface area contributed by atoms with Crippen molar-refractivity contribution in [2.75, 3.05) is 11.0 Å². The fourth-order valence-corrected chi connectivity index (χ4v) is 7.20. The molecule has 0 unspecified atom stereocenters. The van der Waals surface area contributed by atoms with E-state index < -0.39 is 31.5 Å². The minimum atomic E-state index is -4.16. The lowest BCUT2D eigenvalue weighted by Gasteiger charge is -2.12. The van der Waals surface area contributed by atoms with Gasteiger partial charge in [-0.05, 0) is 54.3 Å². The molecule has 0 aliphatic carbocycles. The normalized spacial score (nSPS) is 12.2. The molecule has 0 fully saturated rings. The van der Waals surface area contributed by atoms with Crippen molar-refractivity contribution in [2.24, 2.45) is 0 Å². The Kier molecular flexibility index (Phi) is 5.73. The maximum atomic E-state index is 13.2. The van der Waals surface area contributed by atoms with Gasteiger partial charge in [-0.25, -0.2) is 26.6 Å². The third kappa shape index (κ3) is 4.34. The molecule has 4 aromatic rings. The first-order valence-electron chi connectivity index (χ1n) is 9.11. The number of fused-ring (bicyclic) bond motifs is 1. The van der Waals surface area contributed by atoms with Crippen LogP contribution < -0.4 is 4.72 Å². The number of halogens is 1. The molecular weight excluding hydrogens is 512 g/mol. The number of sulfonamides is 1. The maximum Gasteiger partial charge on any atom is 0.358 e. The van der Waals surface area contributed by atoms with E-state index >= 15 is 0 Å². The van der Waals surface area contributed by atoms with Gasteiger partial charge in [-0.3, -0.25) is 4.72 Å². The van der Waals surface area contributed by atoms with Gasteiger partial charge in [0.05, 0.1) is 10.6 Å². The highest BCUT2D eigenvalue weighted by molar-refractivity contribution is 7.95. The van der Waals surface area contributed by atoms with E-state index in [4.69, 9.17) is 16.0 Å². The molecule has 2 heterocycles. The minimum Gasteiger partial charge on any atom is -0.476 e. The summed E-state index contributed by atoms with van der Waals surface area (Å²) in [6.07, 6.45) is 1.83. The van der Waals surface area contributed by atoms with Crippen molar-refractivity contribution >= 4 is 64.5 Å². The largest absolute Gasteiger partial charge is 0.476 e. The van der Waals surface area contributed by atoms with Crippen molar-refractivity contribution in [2.45, 2.75) is 16.0 Å². The minimum absolute atomic E-state index is 0.0201. The van der Waals surface area contributed by atoms with Gasteiger partial charge in [0.2, 0.25) is 0 Å². The fraction of sp³-hybridized carbons (Fsp3) is 0.100. The number of oxazole rings is 1. The Labute approximate surface area is 197 Å². The van der Waals surface area contributed by atoms with Crippen molar-refractivity contribution in [3.63, 3.8) is 0 Å². The van der Waals surface area contributed by atoms with Gasteiger partial charge in [-0.2, -0.15) is 0 Å². The van der Waals surface area contributed by atoms with Crippen LogP contribution in [0.4, 0.5) is 5.69 Å². The number of sulfone groups is 1. The number of carboxylic acid groups (broad SMARTS) is 1. The van der Waals surface area contributed by atoms with E-state index in [0.717, 1.165) is 30.1 Å². The number of aromatic nitrogens is 1. The zero-order valence-corrected chi connectivity index (χ0v) is 20.2. The predicted molar refractivity (Wildman–Crippen MR) is 124 cm³/mol. The summed E-state index contributed by atoms with van der Waals surface area (Å²) in [5.74, 6) is -1.51. The van der Waals surface area contributed by atoms with Crippen LogP contribution in [0.3, 0.4) is 0 Å².